The van der Waals surface area contributed by atoms with Crippen molar-refractivity contribution in [3.05, 3.63) is 60.6 Å². The van der Waals surface area contributed by atoms with E-state index in [4.69, 9.17) is 0 Å². The van der Waals surface area contributed by atoms with Crippen LogP contribution in [0.2, 0.25) is 0 Å². The predicted octanol–water partition coefficient (Wildman–Crippen LogP) is 1.71. The number of fused-ring (bicyclic) bond motifs is 1. The average molecular weight is 539 g/mol. The maximum absolute atomic E-state index is 13.2. The van der Waals surface area contributed by atoms with Crippen molar-refractivity contribution < 1.29 is 22.8 Å². The zero-order valence-electron chi connectivity index (χ0n) is 21.2. The molecule has 0 spiro atoms. The number of carbonyl (C=O) groups is 3. The Morgan fingerprint density at radius 3 is 2.53 bits per heavy atom. The Kier molecular flexibility index (Phi) is 8.42. The summed E-state index contributed by atoms with van der Waals surface area (Å²) < 4.78 is 27.0. The van der Waals surface area contributed by atoms with Gasteiger partial charge in [0.05, 0.1) is 29.8 Å². The second-order valence-electron chi connectivity index (χ2n) is 9.58. The molecule has 200 valence electrons. The van der Waals surface area contributed by atoms with Gasteiger partial charge in [0.1, 0.15) is 11.7 Å². The molecule has 0 bridgehead atoms. The van der Waals surface area contributed by atoms with E-state index in [0.29, 0.717) is 23.9 Å². The van der Waals surface area contributed by atoms with Crippen LogP contribution in [0.5, 0.6) is 0 Å². The van der Waals surface area contributed by atoms with E-state index in [9.17, 15) is 22.8 Å². The van der Waals surface area contributed by atoms with E-state index in [0.717, 1.165) is 4.31 Å². The molecule has 0 radical (unpaired) electrons. The molecule has 0 saturated carbocycles. The number of carbonyl (C=O) groups excluding carboxylic acids is 3. The van der Waals surface area contributed by atoms with Crippen molar-refractivity contribution in [3.63, 3.8) is 0 Å². The number of aromatic nitrogens is 3. The molecular formula is C26H30N6O5S. The molecule has 3 heterocycles. The SMILES string of the molecule is CC(C)C[C@H](NC(=O)c1cnc2ccccc2n1)C(=O)NC1CCCN(S(=O)(=O)c2ccccn2)CC1=O. The molecule has 1 aromatic carbocycles. The van der Waals surface area contributed by atoms with Crippen LogP contribution in [0.15, 0.2) is 59.9 Å². The molecule has 38 heavy (non-hydrogen) atoms. The number of Topliss-reactive ketones (excluding diaryl/α,β-unsaturated/α-hetero) is 1. The molecule has 1 saturated heterocycles. The van der Waals surface area contributed by atoms with Crippen LogP contribution in [0.1, 0.15) is 43.6 Å². The predicted molar refractivity (Wildman–Crippen MR) is 139 cm³/mol. The molecule has 2 N–H and O–H groups in total. The number of sulfonamides is 1. The lowest BCUT2D eigenvalue weighted by Crippen LogP contribution is -2.52. The minimum absolute atomic E-state index is 0.0672. The number of benzene rings is 1. The van der Waals surface area contributed by atoms with E-state index < -0.39 is 39.7 Å². The Balaban J connectivity index is 1.44. The first-order valence-corrected chi connectivity index (χ1v) is 13.9. The quantitative estimate of drug-likeness (QED) is 0.440. The molecule has 4 rings (SSSR count). The maximum Gasteiger partial charge on any atom is 0.272 e. The van der Waals surface area contributed by atoms with Crippen LogP contribution in [0.3, 0.4) is 0 Å². The van der Waals surface area contributed by atoms with Crippen LogP contribution in [0.25, 0.3) is 11.0 Å². The topological polar surface area (TPSA) is 151 Å². The summed E-state index contributed by atoms with van der Waals surface area (Å²) in [7, 11) is -3.95. The van der Waals surface area contributed by atoms with E-state index in [1.54, 1.807) is 30.3 Å². The highest BCUT2D eigenvalue weighted by Crippen LogP contribution is 2.18. The fraction of sp³-hybridized carbons (Fsp3) is 0.385. The molecule has 2 amide bonds. The van der Waals surface area contributed by atoms with Gasteiger partial charge in [0.2, 0.25) is 5.91 Å². The van der Waals surface area contributed by atoms with Crippen molar-refractivity contribution in [1.29, 1.82) is 0 Å². The molecule has 3 aromatic rings. The molecule has 2 aromatic heterocycles. The third kappa shape index (κ3) is 6.37. The molecule has 2 atom stereocenters. The number of hydrogen-bond donors (Lipinski definition) is 2. The summed E-state index contributed by atoms with van der Waals surface area (Å²) in [6, 6.07) is 9.90. The Bertz CT molecular complexity index is 1430. The number of para-hydroxylation sites is 2. The number of ketones is 1. The lowest BCUT2D eigenvalue weighted by molar-refractivity contribution is -0.129. The Morgan fingerprint density at radius 2 is 1.82 bits per heavy atom. The monoisotopic (exact) mass is 538 g/mol. The Morgan fingerprint density at radius 1 is 1.08 bits per heavy atom. The van der Waals surface area contributed by atoms with Gasteiger partial charge in [-0.25, -0.2) is 18.4 Å². The standard InChI is InChI=1S/C26H30N6O5S/c1-17(2)14-21(31-26(35)22-15-28-18-8-3-4-9-19(18)29-22)25(34)30-20-10-7-13-32(16-23(20)33)38(36,37)24-11-5-6-12-27-24/h3-6,8-9,11-12,15,17,20-21H,7,10,13-14,16H2,1-2H3,(H,30,34)(H,31,35)/t20?,21-/m0/s1. The minimum Gasteiger partial charge on any atom is -0.344 e. The zero-order valence-corrected chi connectivity index (χ0v) is 22.0. The van der Waals surface area contributed by atoms with E-state index >= 15 is 0 Å². The fourth-order valence-corrected chi connectivity index (χ4v) is 5.64. The summed E-state index contributed by atoms with van der Waals surface area (Å²) in [4.78, 5) is 51.7. The second kappa shape index (κ2) is 11.7. The normalized spacial score (nSPS) is 17.7. The van der Waals surface area contributed by atoms with Gasteiger partial charge in [-0.2, -0.15) is 4.31 Å². The van der Waals surface area contributed by atoms with Gasteiger partial charge in [-0.15, -0.1) is 0 Å². The lowest BCUT2D eigenvalue weighted by Gasteiger charge is -2.23. The van der Waals surface area contributed by atoms with Crippen LogP contribution in [0.4, 0.5) is 0 Å². The molecule has 11 nitrogen and oxygen atoms in total. The van der Waals surface area contributed by atoms with Crippen molar-refractivity contribution in [2.24, 2.45) is 5.92 Å². The summed E-state index contributed by atoms with van der Waals surface area (Å²) in [5, 5.41) is 5.33. The first-order chi connectivity index (χ1) is 18.1. The van der Waals surface area contributed by atoms with Crippen molar-refractivity contribution in [3.8, 4) is 0 Å². The first-order valence-electron chi connectivity index (χ1n) is 12.4. The van der Waals surface area contributed by atoms with Gasteiger partial charge in [0.15, 0.2) is 10.8 Å². The van der Waals surface area contributed by atoms with Crippen LogP contribution in [-0.2, 0) is 19.6 Å². The molecule has 1 fully saturated rings. The van der Waals surface area contributed by atoms with Crippen LogP contribution in [-0.4, -0.2) is 70.4 Å². The van der Waals surface area contributed by atoms with Crippen LogP contribution < -0.4 is 10.6 Å². The van der Waals surface area contributed by atoms with Gasteiger partial charge in [0.25, 0.3) is 15.9 Å². The molecule has 1 aliphatic rings. The molecule has 0 aliphatic carbocycles. The number of nitrogens with one attached hydrogen (secondary N) is 2. The van der Waals surface area contributed by atoms with Gasteiger partial charge < -0.3 is 10.6 Å². The van der Waals surface area contributed by atoms with Crippen molar-refractivity contribution in [1.82, 2.24) is 29.9 Å². The van der Waals surface area contributed by atoms with E-state index in [-0.39, 0.29) is 36.1 Å². The molecule has 1 aliphatic heterocycles. The largest absolute Gasteiger partial charge is 0.344 e. The summed E-state index contributed by atoms with van der Waals surface area (Å²) in [5.74, 6) is -1.42. The van der Waals surface area contributed by atoms with E-state index in [2.05, 4.69) is 25.6 Å². The smallest absolute Gasteiger partial charge is 0.272 e. The average Bonchev–Trinajstić information content (AvgIpc) is 3.09. The van der Waals surface area contributed by atoms with Crippen molar-refractivity contribution in [2.75, 3.05) is 13.1 Å². The number of rotatable bonds is 8. The maximum atomic E-state index is 13.2. The highest BCUT2D eigenvalue weighted by atomic mass is 32.2. The number of amides is 2. The summed E-state index contributed by atoms with van der Waals surface area (Å²) in [6.45, 7) is 3.58. The van der Waals surface area contributed by atoms with E-state index in [1.165, 1.54) is 18.5 Å². The van der Waals surface area contributed by atoms with Crippen LogP contribution in [0, 0.1) is 5.92 Å². The highest BCUT2D eigenvalue weighted by Gasteiger charge is 2.35. The molecular weight excluding hydrogens is 508 g/mol. The summed E-state index contributed by atoms with van der Waals surface area (Å²) >= 11 is 0. The van der Waals surface area contributed by atoms with Gasteiger partial charge in [-0.3, -0.25) is 19.4 Å². The first kappa shape index (κ1) is 27.3. The minimum atomic E-state index is -3.95. The van der Waals surface area contributed by atoms with Crippen molar-refractivity contribution in [2.45, 2.75) is 50.2 Å². The van der Waals surface area contributed by atoms with E-state index in [1.807, 2.05) is 19.9 Å². The summed E-state index contributed by atoms with van der Waals surface area (Å²) in [5.41, 5.74) is 1.27. The van der Waals surface area contributed by atoms with Gasteiger partial charge in [0, 0.05) is 12.7 Å². The summed E-state index contributed by atoms with van der Waals surface area (Å²) in [6.07, 6.45) is 3.71. The lowest BCUT2D eigenvalue weighted by atomic mass is 10.0. The Labute approximate surface area is 221 Å². The molecule has 12 heteroatoms. The fourth-order valence-electron chi connectivity index (χ4n) is 4.26. The Hall–Kier alpha value is -3.77. The number of nitrogens with zero attached hydrogens (tertiary/aromatic N) is 4. The third-order valence-corrected chi connectivity index (χ3v) is 7.95. The number of pyridine rings is 1. The van der Waals surface area contributed by atoms with Gasteiger partial charge in [-0.05, 0) is 49.4 Å². The highest BCUT2D eigenvalue weighted by molar-refractivity contribution is 7.89. The zero-order chi connectivity index (χ0) is 27.3. The molecule has 1 unspecified atom stereocenters. The van der Waals surface area contributed by atoms with Crippen molar-refractivity contribution >= 4 is 38.7 Å². The van der Waals surface area contributed by atoms with Gasteiger partial charge >= 0.3 is 0 Å². The van der Waals surface area contributed by atoms with Crippen LogP contribution >= 0.6 is 0 Å². The second-order valence-corrected chi connectivity index (χ2v) is 11.5. The number of hydrogen-bond acceptors (Lipinski definition) is 8. The third-order valence-electron chi connectivity index (χ3n) is 6.19. The van der Waals surface area contributed by atoms with Gasteiger partial charge in [-0.1, -0.05) is 32.0 Å².